The van der Waals surface area contributed by atoms with E-state index in [1.54, 1.807) is 24.5 Å². The van der Waals surface area contributed by atoms with Crippen molar-refractivity contribution in [3.63, 3.8) is 0 Å². The number of anilines is 3. The molecule has 3 rings (SSSR count). The molecule has 3 aromatic rings. The van der Waals surface area contributed by atoms with Gasteiger partial charge in [0.15, 0.2) is 0 Å². The van der Waals surface area contributed by atoms with Gasteiger partial charge in [-0.3, -0.25) is 14.6 Å². The maximum absolute atomic E-state index is 11.9. The van der Waals surface area contributed by atoms with Gasteiger partial charge in [0.2, 0.25) is 0 Å². The highest BCUT2D eigenvalue weighted by Gasteiger charge is 2.28. The summed E-state index contributed by atoms with van der Waals surface area (Å²) < 4.78 is 0. The van der Waals surface area contributed by atoms with Gasteiger partial charge in [-0.2, -0.15) is 0 Å². The number of rotatable bonds is 5. The number of pyridine rings is 1. The van der Waals surface area contributed by atoms with Crippen LogP contribution in [0.25, 0.3) is 0 Å². The van der Waals surface area contributed by atoms with Gasteiger partial charge in [0.1, 0.15) is 11.4 Å². The van der Waals surface area contributed by atoms with Crippen LogP contribution in [0.1, 0.15) is 19.4 Å². The fraction of sp³-hybridized carbons (Fsp3) is 0.167. The van der Waals surface area contributed by atoms with Crippen LogP contribution in [0.15, 0.2) is 64.4 Å². The summed E-state index contributed by atoms with van der Waals surface area (Å²) in [6.45, 7) is 3.94. The molecule has 0 fully saturated rings. The highest BCUT2D eigenvalue weighted by molar-refractivity contribution is 5.79. The average Bonchev–Trinajstić information content (AvgIpc) is 2.59. The molecule has 0 aliphatic rings. The Balaban J connectivity index is 1.89. The lowest BCUT2D eigenvalue weighted by molar-refractivity contribution is 0.608. The molecule has 1 heterocycles. The van der Waals surface area contributed by atoms with E-state index in [0.29, 0.717) is 17.1 Å². The molecule has 116 valence electrons. The molecule has 5 heteroatoms. The van der Waals surface area contributed by atoms with Crippen molar-refractivity contribution < 1.29 is 0 Å². The second-order valence-corrected chi connectivity index (χ2v) is 5.89. The molecule has 5 nitrogen and oxygen atoms in total. The topological polar surface area (TPSA) is 71.1 Å². The van der Waals surface area contributed by atoms with Crippen molar-refractivity contribution in [1.29, 1.82) is 0 Å². The van der Waals surface area contributed by atoms with Crippen molar-refractivity contribution >= 4 is 17.1 Å². The van der Waals surface area contributed by atoms with Crippen LogP contribution in [-0.4, -0.2) is 4.98 Å². The average molecular weight is 307 g/mol. The molecule has 0 unspecified atom stereocenters. The third-order valence-electron chi connectivity index (χ3n) is 3.79. The van der Waals surface area contributed by atoms with E-state index in [9.17, 15) is 9.59 Å². The van der Waals surface area contributed by atoms with E-state index in [0.717, 1.165) is 5.56 Å². The fourth-order valence-electron chi connectivity index (χ4n) is 2.45. The molecule has 0 bridgehead atoms. The number of hydrogen-bond acceptors (Lipinski definition) is 5. The van der Waals surface area contributed by atoms with E-state index in [1.807, 2.05) is 44.2 Å². The number of hydrogen-bond donors (Lipinski definition) is 2. The highest BCUT2D eigenvalue weighted by atomic mass is 16.2. The van der Waals surface area contributed by atoms with Gasteiger partial charge in [0, 0.05) is 18.1 Å². The van der Waals surface area contributed by atoms with E-state index in [-0.39, 0.29) is 0 Å². The number of nitrogens with one attached hydrogen (secondary N) is 2. The first-order valence-electron chi connectivity index (χ1n) is 7.33. The molecule has 2 aromatic carbocycles. The van der Waals surface area contributed by atoms with Gasteiger partial charge in [-0.05, 0) is 31.5 Å². The zero-order chi connectivity index (χ0) is 16.4. The predicted molar refractivity (Wildman–Crippen MR) is 92.0 cm³/mol. The summed E-state index contributed by atoms with van der Waals surface area (Å²) in [6, 6.07) is 13.3. The Morgan fingerprint density at radius 2 is 1.48 bits per heavy atom. The lowest BCUT2D eigenvalue weighted by Gasteiger charge is -2.29. The van der Waals surface area contributed by atoms with Gasteiger partial charge in [-0.15, -0.1) is 0 Å². The Bertz CT molecular complexity index is 880. The standard InChI is InChI=1S/C18H17N3O2/c1-18(2,12-6-4-3-5-7-12)21-15-14(16(22)17(15)23)20-13-8-10-19-11-9-13/h3-11,21H,1-2H3,(H,19,20). The molecule has 0 spiro atoms. The van der Waals surface area contributed by atoms with E-state index in [1.165, 1.54) is 0 Å². The van der Waals surface area contributed by atoms with Gasteiger partial charge in [-0.1, -0.05) is 30.3 Å². The number of aromatic nitrogens is 1. The van der Waals surface area contributed by atoms with Gasteiger partial charge in [0.25, 0.3) is 10.9 Å². The SMILES string of the molecule is CC(C)(Nc1c(Nc2ccncc2)c(=O)c1=O)c1ccccc1. The Morgan fingerprint density at radius 3 is 2.13 bits per heavy atom. The van der Waals surface area contributed by atoms with Crippen LogP contribution in [-0.2, 0) is 5.54 Å². The van der Waals surface area contributed by atoms with Crippen LogP contribution in [0.4, 0.5) is 17.1 Å². The zero-order valence-corrected chi connectivity index (χ0v) is 13.0. The minimum atomic E-state index is -0.506. The van der Waals surface area contributed by atoms with E-state index in [2.05, 4.69) is 15.6 Å². The summed E-state index contributed by atoms with van der Waals surface area (Å²) in [5.41, 5.74) is 0.887. The van der Waals surface area contributed by atoms with Crippen LogP contribution >= 0.6 is 0 Å². The van der Waals surface area contributed by atoms with E-state index >= 15 is 0 Å². The summed E-state index contributed by atoms with van der Waals surface area (Å²) in [6.07, 6.45) is 3.24. The van der Waals surface area contributed by atoms with E-state index in [4.69, 9.17) is 0 Å². The van der Waals surface area contributed by atoms with Crippen LogP contribution in [0.2, 0.25) is 0 Å². The van der Waals surface area contributed by atoms with Crippen molar-refractivity contribution in [2.45, 2.75) is 19.4 Å². The molecular formula is C18H17N3O2. The molecule has 0 aliphatic heterocycles. The Hall–Kier alpha value is -2.95. The molecule has 0 saturated heterocycles. The molecule has 0 saturated carbocycles. The number of nitrogens with zero attached hydrogens (tertiary/aromatic N) is 1. The smallest absolute Gasteiger partial charge is 0.253 e. The molecule has 0 amide bonds. The lowest BCUT2D eigenvalue weighted by Crippen LogP contribution is -2.41. The summed E-state index contributed by atoms with van der Waals surface area (Å²) >= 11 is 0. The van der Waals surface area contributed by atoms with Gasteiger partial charge in [0.05, 0.1) is 5.54 Å². The van der Waals surface area contributed by atoms with Crippen LogP contribution in [0.3, 0.4) is 0 Å². The first kappa shape index (κ1) is 15.0. The normalized spacial score (nSPS) is 11.4. The molecule has 0 aliphatic carbocycles. The maximum atomic E-state index is 11.9. The second-order valence-electron chi connectivity index (χ2n) is 5.89. The van der Waals surface area contributed by atoms with Gasteiger partial charge < -0.3 is 10.6 Å². The van der Waals surface area contributed by atoms with Crippen molar-refractivity contribution in [2.75, 3.05) is 10.6 Å². The van der Waals surface area contributed by atoms with Crippen LogP contribution in [0.5, 0.6) is 0 Å². The van der Waals surface area contributed by atoms with Crippen LogP contribution < -0.4 is 21.5 Å². The second kappa shape index (κ2) is 5.68. The minimum absolute atomic E-state index is 0.296. The monoisotopic (exact) mass is 307 g/mol. The van der Waals surface area contributed by atoms with Crippen molar-refractivity contribution in [3.8, 4) is 0 Å². The Morgan fingerprint density at radius 1 is 0.870 bits per heavy atom. The van der Waals surface area contributed by atoms with Crippen molar-refractivity contribution in [3.05, 3.63) is 80.9 Å². The van der Waals surface area contributed by atoms with E-state index < -0.39 is 16.4 Å². The molecule has 0 atom stereocenters. The third kappa shape index (κ3) is 2.85. The molecule has 1 aromatic heterocycles. The van der Waals surface area contributed by atoms with Crippen molar-refractivity contribution in [1.82, 2.24) is 4.98 Å². The maximum Gasteiger partial charge on any atom is 0.253 e. The van der Waals surface area contributed by atoms with Crippen LogP contribution in [0, 0.1) is 0 Å². The molecular weight excluding hydrogens is 290 g/mol. The minimum Gasteiger partial charge on any atom is -0.371 e. The molecule has 23 heavy (non-hydrogen) atoms. The predicted octanol–water partition coefficient (Wildman–Crippen LogP) is 2.77. The fourth-order valence-corrected chi connectivity index (χ4v) is 2.45. The highest BCUT2D eigenvalue weighted by Crippen LogP contribution is 2.28. The lowest BCUT2D eigenvalue weighted by atomic mass is 9.93. The Kier molecular flexibility index (Phi) is 3.70. The van der Waals surface area contributed by atoms with Gasteiger partial charge >= 0.3 is 0 Å². The summed E-state index contributed by atoms with van der Waals surface area (Å²) in [5.74, 6) is 0. The van der Waals surface area contributed by atoms with Gasteiger partial charge in [-0.25, -0.2) is 0 Å². The largest absolute Gasteiger partial charge is 0.371 e. The molecule has 2 N–H and O–H groups in total. The number of benzene rings is 1. The van der Waals surface area contributed by atoms with Crippen molar-refractivity contribution in [2.24, 2.45) is 0 Å². The zero-order valence-electron chi connectivity index (χ0n) is 13.0. The molecule has 0 radical (unpaired) electrons. The summed E-state index contributed by atoms with van der Waals surface area (Å²) in [7, 11) is 0. The quantitative estimate of drug-likeness (QED) is 0.709. The third-order valence-corrected chi connectivity index (χ3v) is 3.79. The first-order chi connectivity index (χ1) is 11.0. The Labute approximate surface area is 133 Å². The summed E-state index contributed by atoms with van der Waals surface area (Å²) in [4.78, 5) is 27.7. The summed E-state index contributed by atoms with van der Waals surface area (Å²) in [5, 5.41) is 6.18. The first-order valence-corrected chi connectivity index (χ1v) is 7.33.